The van der Waals surface area contributed by atoms with Crippen molar-refractivity contribution in [2.24, 2.45) is 36.5 Å². The van der Waals surface area contributed by atoms with Gasteiger partial charge in [-0.15, -0.1) is 0 Å². The van der Waals surface area contributed by atoms with Gasteiger partial charge in [0.2, 0.25) is 0 Å². The zero-order chi connectivity index (χ0) is 95.4. The molecule has 19 rings (SSSR count). The van der Waals surface area contributed by atoms with Gasteiger partial charge in [-0.3, -0.25) is 30.1 Å². The fourth-order valence-corrected chi connectivity index (χ4v) is 18.9. The number of hydrazone groups is 6. The van der Waals surface area contributed by atoms with Crippen molar-refractivity contribution < 1.29 is 0 Å². The molecule has 0 fully saturated rings. The van der Waals surface area contributed by atoms with E-state index in [2.05, 4.69) is 303 Å². The quantitative estimate of drug-likeness (QED) is 0.0215. The summed E-state index contributed by atoms with van der Waals surface area (Å²) in [6.45, 7) is 8.65. The standard InChI is InChI=1S/C66H68N10.C29H27N3.C28H33N3.3CH4/c1-71(55-25-15-11-16-26-55)67-47-51-33-37-63-59(43-51)60-44-52(48-68-72(2)56-27-17-12-18-28-56)34-38-64(60)75(63)41-23-9-7-5-6-8-10-24-42-76-65-39-35-53(49-69-73(3)57-29-19-13-20-30-57)45-61(65)62-46-54(36-40-66(62)76)50-70-74(4)58-31-21-14-22-32-58;1-31(25-14-6-3-7-15-25)30-22-24-18-19-29-27(21-24)26-16-8-9-17-28(26)32(29)20-10-13-23-11-4-2-5-12-23;1-4-6-12-22(5-2)21-31-27-16-11-10-15-25(27)26-19-23(17-18-28(26)31)20-29-30(3)24-13-8-7-9-14-24;;;/h11-22,25-40,43-50H,5-10,23-24,41-42H2,1-4H3;2-9,11-12,14-19,21-22H,10,13,20H2,1H3;7-11,13-20,22H,4-6,12,21H2,1-3H3;3*1H4/b67-47+,68-48+,69-49+,70-50+;30-22+;29-20+;;;. The number of nitrogens with zero attached hydrogens (tertiary/aromatic N) is 16. The summed E-state index contributed by atoms with van der Waals surface area (Å²) in [6, 6.07) is 130. The van der Waals surface area contributed by atoms with E-state index in [0.29, 0.717) is 0 Å². The molecule has 142 heavy (non-hydrogen) atoms. The number of rotatable bonds is 39. The number of anilines is 6. The van der Waals surface area contributed by atoms with Gasteiger partial charge in [0.1, 0.15) is 0 Å². The van der Waals surface area contributed by atoms with Crippen molar-refractivity contribution in [1.29, 1.82) is 0 Å². The average molecular weight is 1880 g/mol. The maximum atomic E-state index is 4.79. The summed E-state index contributed by atoms with van der Waals surface area (Å²) in [6.07, 6.45) is 28.7. The lowest BCUT2D eigenvalue weighted by atomic mass is 9.99. The van der Waals surface area contributed by atoms with E-state index in [9.17, 15) is 0 Å². The number of hydrogen-bond acceptors (Lipinski definition) is 12. The number of fused-ring (bicyclic) bond motifs is 12. The molecule has 4 aromatic heterocycles. The van der Waals surface area contributed by atoms with Crippen molar-refractivity contribution >= 4 is 159 Å². The van der Waals surface area contributed by atoms with Crippen LogP contribution in [0.2, 0.25) is 0 Å². The molecule has 0 aliphatic carbocycles. The summed E-state index contributed by atoms with van der Waals surface area (Å²) in [5, 5.41) is 50.1. The monoisotopic (exact) mass is 1880 g/mol. The average Bonchev–Trinajstić information content (AvgIpc) is 1.63. The fourth-order valence-electron chi connectivity index (χ4n) is 18.9. The molecule has 15 aromatic carbocycles. The van der Waals surface area contributed by atoms with Crippen LogP contribution in [0.15, 0.2) is 401 Å². The Bertz CT molecular complexity index is 6940. The molecule has 4 heterocycles. The minimum absolute atomic E-state index is 0. The molecule has 0 amide bonds. The number of unbranched alkanes of at least 4 members (excludes halogenated alkanes) is 8. The third kappa shape index (κ3) is 25.7. The fraction of sp³-hybridized carbons (Fsp3) is 0.238. The van der Waals surface area contributed by atoms with Crippen LogP contribution in [-0.4, -0.2) is 97.8 Å². The first-order valence-electron chi connectivity index (χ1n) is 49.5. The Morgan fingerprint density at radius 2 is 0.444 bits per heavy atom. The molecule has 19 aromatic rings. The number of hydrogen-bond donors (Lipinski definition) is 0. The molecule has 0 saturated heterocycles. The van der Waals surface area contributed by atoms with Crippen LogP contribution >= 0.6 is 0 Å². The largest absolute Gasteiger partial charge is 0.340 e. The Kier molecular flexibility index (Phi) is 36.5. The highest BCUT2D eigenvalue weighted by molar-refractivity contribution is 6.14. The predicted molar refractivity (Wildman–Crippen MR) is 618 cm³/mol. The zero-order valence-corrected chi connectivity index (χ0v) is 81.6. The Hall–Kier alpha value is -15.7. The molecule has 0 radical (unpaired) electrons. The van der Waals surface area contributed by atoms with Crippen LogP contribution in [0.3, 0.4) is 0 Å². The Labute approximate surface area is 841 Å². The zero-order valence-electron chi connectivity index (χ0n) is 81.6. The minimum atomic E-state index is 0. The van der Waals surface area contributed by atoms with E-state index in [0.717, 1.165) is 125 Å². The highest BCUT2D eigenvalue weighted by Gasteiger charge is 2.20. The molecule has 0 aliphatic heterocycles. The molecular weight excluding hydrogens is 1740 g/mol. The van der Waals surface area contributed by atoms with E-state index in [4.69, 9.17) is 20.4 Å². The SMILES string of the molecule is C.C.C.CCCCC(CC)Cn1c2ccccc2c2cc(/C=N/N(C)c3ccccc3)ccc21.CN(/N=C/c1ccc2c(c1)c1cc(/C=N/N(C)c3ccccc3)ccc1n2CCCCCCCCCCn1c2ccc(/C=N/N(C)c3ccccc3)cc2c2cc(/C=N/N(C)c3ccccc3)ccc21)c1ccccc1.CN(/N=C/c1ccc2c(c1)c1ccccc1n2CCCc1ccccc1)c1ccccc1. The second-order valence-corrected chi connectivity index (χ2v) is 36.2. The highest BCUT2D eigenvalue weighted by Crippen LogP contribution is 2.37. The van der Waals surface area contributed by atoms with Gasteiger partial charge in [0.05, 0.1) is 71.4 Å². The molecule has 0 N–H and O–H groups in total. The number of para-hydroxylation sites is 8. The second kappa shape index (κ2) is 50.8. The lowest BCUT2D eigenvalue weighted by Crippen LogP contribution is -2.10. The molecule has 1 atom stereocenters. The van der Waals surface area contributed by atoms with Crippen molar-refractivity contribution in [3.8, 4) is 0 Å². The summed E-state index contributed by atoms with van der Waals surface area (Å²) in [5.74, 6) is 0.722. The lowest BCUT2D eigenvalue weighted by Gasteiger charge is -2.17. The van der Waals surface area contributed by atoms with Crippen LogP contribution < -0.4 is 30.1 Å². The Morgan fingerprint density at radius 1 is 0.225 bits per heavy atom. The van der Waals surface area contributed by atoms with Gasteiger partial charge in [0.15, 0.2) is 0 Å². The smallest absolute Gasteiger partial charge is 0.0590 e. The number of aryl methyl sites for hydroxylation is 4. The van der Waals surface area contributed by atoms with E-state index < -0.39 is 0 Å². The topological polar surface area (TPSA) is 113 Å². The summed E-state index contributed by atoms with van der Waals surface area (Å²) < 4.78 is 10.0. The van der Waals surface area contributed by atoms with Gasteiger partial charge in [0, 0.05) is 156 Å². The van der Waals surface area contributed by atoms with Gasteiger partial charge in [-0.05, 0) is 235 Å². The third-order valence-corrected chi connectivity index (χ3v) is 26.7. The molecular formula is C126H140N16. The van der Waals surface area contributed by atoms with Gasteiger partial charge >= 0.3 is 0 Å². The van der Waals surface area contributed by atoms with Gasteiger partial charge in [0.25, 0.3) is 0 Å². The van der Waals surface area contributed by atoms with Crippen molar-refractivity contribution in [2.45, 2.75) is 152 Å². The molecule has 16 heteroatoms. The minimum Gasteiger partial charge on any atom is -0.340 e. The molecule has 0 saturated carbocycles. The maximum Gasteiger partial charge on any atom is 0.0590 e. The maximum absolute atomic E-state index is 4.79. The molecule has 16 nitrogen and oxygen atoms in total. The van der Waals surface area contributed by atoms with Crippen molar-refractivity contribution in [3.63, 3.8) is 0 Å². The third-order valence-electron chi connectivity index (χ3n) is 26.7. The highest BCUT2D eigenvalue weighted by atomic mass is 15.5. The Balaban J connectivity index is 0.000000199. The van der Waals surface area contributed by atoms with Crippen LogP contribution in [0.5, 0.6) is 0 Å². The van der Waals surface area contributed by atoms with E-state index in [1.165, 1.54) is 157 Å². The van der Waals surface area contributed by atoms with Crippen molar-refractivity contribution in [3.05, 3.63) is 409 Å². The van der Waals surface area contributed by atoms with Crippen LogP contribution in [-0.2, 0) is 32.6 Å². The first-order chi connectivity index (χ1) is 68.4. The van der Waals surface area contributed by atoms with E-state index in [1.807, 2.05) is 219 Å². The molecule has 1 unspecified atom stereocenters. The molecule has 724 valence electrons. The van der Waals surface area contributed by atoms with Crippen LogP contribution in [0.1, 0.15) is 159 Å². The second-order valence-electron chi connectivity index (χ2n) is 36.2. The van der Waals surface area contributed by atoms with Gasteiger partial charge in [-0.1, -0.05) is 306 Å². The summed E-state index contributed by atoms with van der Waals surface area (Å²) >= 11 is 0. The summed E-state index contributed by atoms with van der Waals surface area (Å²) in [4.78, 5) is 0. The van der Waals surface area contributed by atoms with Gasteiger partial charge in [-0.25, -0.2) is 0 Å². The number of aromatic nitrogens is 4. The van der Waals surface area contributed by atoms with E-state index in [1.54, 1.807) is 0 Å². The molecule has 0 spiro atoms. The summed E-state index contributed by atoms with van der Waals surface area (Å²) in [5.41, 5.74) is 24.5. The van der Waals surface area contributed by atoms with E-state index >= 15 is 0 Å². The van der Waals surface area contributed by atoms with E-state index in [-0.39, 0.29) is 22.3 Å². The van der Waals surface area contributed by atoms with Gasteiger partial charge in [-0.2, -0.15) is 30.6 Å². The Morgan fingerprint density at radius 3 is 0.711 bits per heavy atom. The van der Waals surface area contributed by atoms with Crippen LogP contribution in [0.4, 0.5) is 34.1 Å². The first kappa shape index (κ1) is 102. The lowest BCUT2D eigenvalue weighted by molar-refractivity contribution is 0.401. The van der Waals surface area contributed by atoms with Crippen LogP contribution in [0, 0.1) is 5.92 Å². The molecule has 0 bridgehead atoms. The van der Waals surface area contributed by atoms with Crippen molar-refractivity contribution in [2.75, 3.05) is 72.3 Å². The summed E-state index contributed by atoms with van der Waals surface area (Å²) in [7, 11) is 11.9. The normalized spacial score (nSPS) is 11.8. The van der Waals surface area contributed by atoms with Crippen molar-refractivity contribution in [1.82, 2.24) is 18.3 Å². The first-order valence-corrected chi connectivity index (χ1v) is 49.5. The molecule has 0 aliphatic rings. The number of benzene rings is 15. The van der Waals surface area contributed by atoms with Crippen LogP contribution in [0.25, 0.3) is 87.2 Å². The predicted octanol–water partition coefficient (Wildman–Crippen LogP) is 31.9. The van der Waals surface area contributed by atoms with Gasteiger partial charge < -0.3 is 18.3 Å².